The van der Waals surface area contributed by atoms with Crippen LogP contribution in [0.2, 0.25) is 0 Å². The van der Waals surface area contributed by atoms with Crippen molar-refractivity contribution in [3.05, 3.63) is 0 Å². The molecule has 1 heterocycles. The molecule has 0 amide bonds. The zero-order valence-corrected chi connectivity index (χ0v) is 9.51. The van der Waals surface area contributed by atoms with Crippen molar-refractivity contribution in [3.8, 4) is 0 Å². The van der Waals surface area contributed by atoms with Crippen molar-refractivity contribution in [2.24, 2.45) is 5.92 Å². The summed E-state index contributed by atoms with van der Waals surface area (Å²) in [4.78, 5) is 0. The first-order valence-electron chi connectivity index (χ1n) is 6.11. The van der Waals surface area contributed by atoms with Crippen molar-refractivity contribution in [2.45, 2.75) is 57.6 Å². The summed E-state index contributed by atoms with van der Waals surface area (Å²) in [5.74, 6) is 0.775. The molecule has 1 saturated carbocycles. The molecule has 2 aliphatic rings. The first kappa shape index (κ1) is 10.4. The monoisotopic (exact) mass is 197 g/mol. The quantitative estimate of drug-likeness (QED) is 0.696. The Kier molecular flexibility index (Phi) is 3.13. The van der Waals surface area contributed by atoms with Gasteiger partial charge in [0.25, 0.3) is 0 Å². The summed E-state index contributed by atoms with van der Waals surface area (Å²) < 4.78 is 6.05. The maximum absolute atomic E-state index is 6.05. The van der Waals surface area contributed by atoms with Crippen LogP contribution in [0, 0.1) is 5.92 Å². The molecule has 2 rings (SSSR count). The molecule has 3 atom stereocenters. The van der Waals surface area contributed by atoms with Crippen LogP contribution in [0.4, 0.5) is 0 Å². The average molecular weight is 197 g/mol. The largest absolute Gasteiger partial charge is 0.374 e. The van der Waals surface area contributed by atoms with Crippen LogP contribution < -0.4 is 5.32 Å². The first-order chi connectivity index (χ1) is 6.73. The molecule has 0 aromatic heterocycles. The van der Waals surface area contributed by atoms with Gasteiger partial charge in [0.05, 0.1) is 12.2 Å². The second-order valence-electron chi connectivity index (χ2n) is 5.15. The van der Waals surface area contributed by atoms with Crippen molar-refractivity contribution < 1.29 is 4.74 Å². The number of fused-ring (bicyclic) bond motifs is 1. The van der Waals surface area contributed by atoms with Crippen LogP contribution in [0.3, 0.4) is 0 Å². The minimum absolute atomic E-state index is 0.0807. The molecule has 1 N–H and O–H groups in total. The molecule has 0 bridgehead atoms. The van der Waals surface area contributed by atoms with E-state index in [2.05, 4.69) is 19.2 Å². The van der Waals surface area contributed by atoms with Gasteiger partial charge < -0.3 is 10.1 Å². The average Bonchev–Trinajstić information content (AvgIpc) is 2.40. The number of nitrogens with one attached hydrogen (secondary N) is 1. The Morgan fingerprint density at radius 3 is 2.93 bits per heavy atom. The van der Waals surface area contributed by atoms with Crippen LogP contribution in [0.5, 0.6) is 0 Å². The van der Waals surface area contributed by atoms with Crippen LogP contribution in [0.15, 0.2) is 0 Å². The standard InChI is InChI=1S/C12H23NO/c1-3-12(2)9-13-11-7-5-4-6-10(11)8-14-12/h10-11,13H,3-9H2,1-2H3. The van der Waals surface area contributed by atoms with Gasteiger partial charge in [-0.2, -0.15) is 0 Å². The normalized spacial score (nSPS) is 44.1. The molecular formula is C12H23NO. The van der Waals surface area contributed by atoms with Gasteiger partial charge in [-0.3, -0.25) is 0 Å². The van der Waals surface area contributed by atoms with Gasteiger partial charge in [0.1, 0.15) is 0 Å². The van der Waals surface area contributed by atoms with Gasteiger partial charge in [-0.05, 0) is 32.1 Å². The highest BCUT2D eigenvalue weighted by atomic mass is 16.5. The highest BCUT2D eigenvalue weighted by Gasteiger charge is 2.34. The highest BCUT2D eigenvalue weighted by Crippen LogP contribution is 2.29. The highest BCUT2D eigenvalue weighted by molar-refractivity contribution is 4.88. The summed E-state index contributed by atoms with van der Waals surface area (Å²) in [7, 11) is 0. The Hall–Kier alpha value is -0.0800. The molecule has 0 aromatic rings. The maximum atomic E-state index is 6.05. The summed E-state index contributed by atoms with van der Waals surface area (Å²) in [6.45, 7) is 6.46. The van der Waals surface area contributed by atoms with E-state index in [-0.39, 0.29) is 5.60 Å². The minimum Gasteiger partial charge on any atom is -0.374 e. The van der Waals surface area contributed by atoms with Crippen molar-refractivity contribution >= 4 is 0 Å². The summed E-state index contributed by atoms with van der Waals surface area (Å²) >= 11 is 0. The lowest BCUT2D eigenvalue weighted by atomic mass is 9.85. The molecule has 3 unspecified atom stereocenters. The second kappa shape index (κ2) is 4.19. The number of rotatable bonds is 1. The summed E-state index contributed by atoms with van der Waals surface area (Å²) in [5.41, 5.74) is 0.0807. The molecule has 1 saturated heterocycles. The fraction of sp³-hybridized carbons (Fsp3) is 1.00. The Balaban J connectivity index is 1.98. The Labute approximate surface area is 87.4 Å². The van der Waals surface area contributed by atoms with E-state index < -0.39 is 0 Å². The fourth-order valence-corrected chi connectivity index (χ4v) is 2.61. The molecule has 0 spiro atoms. The van der Waals surface area contributed by atoms with Crippen molar-refractivity contribution in [3.63, 3.8) is 0 Å². The van der Waals surface area contributed by atoms with Gasteiger partial charge in [-0.1, -0.05) is 19.8 Å². The Morgan fingerprint density at radius 1 is 1.36 bits per heavy atom. The predicted octanol–water partition coefficient (Wildman–Crippen LogP) is 2.33. The number of hydrogen-bond acceptors (Lipinski definition) is 2. The van der Waals surface area contributed by atoms with Gasteiger partial charge in [-0.15, -0.1) is 0 Å². The van der Waals surface area contributed by atoms with Crippen molar-refractivity contribution in [2.75, 3.05) is 13.2 Å². The topological polar surface area (TPSA) is 21.3 Å². The molecule has 2 heteroatoms. The van der Waals surface area contributed by atoms with Gasteiger partial charge in [0.15, 0.2) is 0 Å². The van der Waals surface area contributed by atoms with Gasteiger partial charge >= 0.3 is 0 Å². The molecule has 14 heavy (non-hydrogen) atoms. The van der Waals surface area contributed by atoms with Gasteiger partial charge in [0.2, 0.25) is 0 Å². The number of ether oxygens (including phenoxy) is 1. The predicted molar refractivity (Wildman–Crippen MR) is 58.4 cm³/mol. The molecule has 0 radical (unpaired) electrons. The third-order valence-corrected chi connectivity index (χ3v) is 4.04. The third-order valence-electron chi connectivity index (χ3n) is 4.04. The minimum atomic E-state index is 0.0807. The van der Waals surface area contributed by atoms with E-state index >= 15 is 0 Å². The lowest BCUT2D eigenvalue weighted by Crippen LogP contribution is -2.42. The first-order valence-corrected chi connectivity index (χ1v) is 6.11. The van der Waals surface area contributed by atoms with Crippen LogP contribution >= 0.6 is 0 Å². The Morgan fingerprint density at radius 2 is 2.14 bits per heavy atom. The van der Waals surface area contributed by atoms with Crippen LogP contribution in [0.25, 0.3) is 0 Å². The van der Waals surface area contributed by atoms with Crippen LogP contribution in [-0.2, 0) is 4.74 Å². The second-order valence-corrected chi connectivity index (χ2v) is 5.15. The fourth-order valence-electron chi connectivity index (χ4n) is 2.61. The summed E-state index contributed by atoms with van der Waals surface area (Å²) in [6, 6.07) is 0.733. The zero-order chi connectivity index (χ0) is 10.0. The van der Waals surface area contributed by atoms with Crippen LogP contribution in [-0.4, -0.2) is 24.8 Å². The molecule has 2 nitrogen and oxygen atoms in total. The smallest absolute Gasteiger partial charge is 0.0775 e. The molecule has 2 fully saturated rings. The molecular weight excluding hydrogens is 174 g/mol. The zero-order valence-electron chi connectivity index (χ0n) is 9.51. The lowest BCUT2D eigenvalue weighted by Gasteiger charge is -2.29. The summed E-state index contributed by atoms with van der Waals surface area (Å²) in [5, 5.41) is 3.70. The SMILES string of the molecule is CCC1(C)CNC2CCCCC2CO1. The third kappa shape index (κ3) is 2.12. The maximum Gasteiger partial charge on any atom is 0.0775 e. The number of hydrogen-bond donors (Lipinski definition) is 1. The van der Waals surface area contributed by atoms with E-state index in [1.54, 1.807) is 0 Å². The van der Waals surface area contributed by atoms with Crippen molar-refractivity contribution in [1.29, 1.82) is 0 Å². The van der Waals surface area contributed by atoms with E-state index in [9.17, 15) is 0 Å². The van der Waals surface area contributed by atoms with Gasteiger partial charge in [-0.25, -0.2) is 0 Å². The molecule has 82 valence electrons. The van der Waals surface area contributed by atoms with E-state index in [0.717, 1.165) is 31.5 Å². The van der Waals surface area contributed by atoms with Crippen LogP contribution in [0.1, 0.15) is 46.0 Å². The van der Waals surface area contributed by atoms with E-state index in [0.29, 0.717) is 0 Å². The lowest BCUT2D eigenvalue weighted by molar-refractivity contribution is -0.0360. The molecule has 1 aliphatic carbocycles. The van der Waals surface area contributed by atoms with Crippen molar-refractivity contribution in [1.82, 2.24) is 5.32 Å². The summed E-state index contributed by atoms with van der Waals surface area (Å²) in [6.07, 6.45) is 6.62. The Bertz CT molecular complexity index is 177. The molecule has 0 aromatic carbocycles. The van der Waals surface area contributed by atoms with E-state index in [4.69, 9.17) is 4.74 Å². The van der Waals surface area contributed by atoms with E-state index in [1.807, 2.05) is 0 Å². The molecule has 1 aliphatic heterocycles. The van der Waals surface area contributed by atoms with Gasteiger partial charge in [0, 0.05) is 12.6 Å². The van der Waals surface area contributed by atoms with E-state index in [1.165, 1.54) is 25.7 Å².